The predicted molar refractivity (Wildman–Crippen MR) is 74.9 cm³/mol. The first-order valence-corrected chi connectivity index (χ1v) is 7.10. The van der Waals surface area contributed by atoms with Crippen molar-refractivity contribution in [3.63, 3.8) is 0 Å². The Labute approximate surface area is 116 Å². The summed E-state index contributed by atoms with van der Waals surface area (Å²) in [5.41, 5.74) is 3.00. The minimum Gasteiger partial charge on any atom is -0.497 e. The molecular formula is C14H16N2O2S. The molecule has 100 valence electrons. The molecule has 5 heteroatoms. The fourth-order valence-electron chi connectivity index (χ4n) is 2.41. The number of aromatic nitrogens is 1. The summed E-state index contributed by atoms with van der Waals surface area (Å²) >= 11 is 1.64. The van der Waals surface area contributed by atoms with Crippen LogP contribution in [0.2, 0.25) is 0 Å². The topological polar surface area (TPSA) is 43.4 Å². The molecule has 1 N–H and O–H groups in total. The van der Waals surface area contributed by atoms with Crippen molar-refractivity contribution in [2.24, 2.45) is 0 Å². The van der Waals surface area contributed by atoms with Gasteiger partial charge in [-0.2, -0.15) is 0 Å². The van der Waals surface area contributed by atoms with Crippen LogP contribution < -0.4 is 14.8 Å². The minimum absolute atomic E-state index is 0.0749. The van der Waals surface area contributed by atoms with Gasteiger partial charge in [0, 0.05) is 24.2 Å². The second kappa shape index (κ2) is 5.19. The number of ether oxygens (including phenoxy) is 2. The molecule has 3 rings (SSSR count). The van der Waals surface area contributed by atoms with Crippen LogP contribution in [0.4, 0.5) is 0 Å². The summed E-state index contributed by atoms with van der Waals surface area (Å²) in [6.07, 6.45) is 2.86. The SMILES string of the molecule is CNC1CC(c2cncs2)Oc2ccc(OC)cc21. The van der Waals surface area contributed by atoms with Gasteiger partial charge < -0.3 is 14.8 Å². The molecule has 2 unspecified atom stereocenters. The Hall–Kier alpha value is -1.59. The van der Waals surface area contributed by atoms with E-state index in [1.807, 2.05) is 37.0 Å². The van der Waals surface area contributed by atoms with E-state index < -0.39 is 0 Å². The van der Waals surface area contributed by atoms with E-state index in [1.54, 1.807) is 18.4 Å². The lowest BCUT2D eigenvalue weighted by atomic mass is 9.96. The van der Waals surface area contributed by atoms with E-state index in [0.717, 1.165) is 23.5 Å². The number of methoxy groups -OCH3 is 1. The lowest BCUT2D eigenvalue weighted by Crippen LogP contribution is -2.26. The molecule has 0 spiro atoms. The molecule has 0 fully saturated rings. The maximum absolute atomic E-state index is 6.08. The number of benzene rings is 1. The number of fused-ring (bicyclic) bond motifs is 1. The largest absolute Gasteiger partial charge is 0.497 e. The summed E-state index contributed by atoms with van der Waals surface area (Å²) in [6.45, 7) is 0. The highest BCUT2D eigenvalue weighted by Crippen LogP contribution is 2.42. The molecule has 4 nitrogen and oxygen atoms in total. The van der Waals surface area contributed by atoms with Gasteiger partial charge in [-0.3, -0.25) is 4.98 Å². The molecule has 2 aromatic rings. The summed E-state index contributed by atoms with van der Waals surface area (Å²) < 4.78 is 11.4. The highest BCUT2D eigenvalue weighted by Gasteiger charge is 2.29. The van der Waals surface area contributed by atoms with Crippen LogP contribution in [0, 0.1) is 0 Å². The second-order valence-electron chi connectivity index (χ2n) is 4.49. The average Bonchev–Trinajstić information content (AvgIpc) is 2.99. The first-order chi connectivity index (χ1) is 9.31. The van der Waals surface area contributed by atoms with Gasteiger partial charge in [-0.15, -0.1) is 11.3 Å². The third-order valence-electron chi connectivity index (χ3n) is 3.43. The Bertz CT molecular complexity index is 557. The van der Waals surface area contributed by atoms with E-state index >= 15 is 0 Å². The number of thiazole rings is 1. The molecule has 0 amide bonds. The van der Waals surface area contributed by atoms with Gasteiger partial charge >= 0.3 is 0 Å². The highest BCUT2D eigenvalue weighted by molar-refractivity contribution is 7.09. The van der Waals surface area contributed by atoms with Crippen molar-refractivity contribution >= 4 is 11.3 Å². The molecule has 1 aliphatic heterocycles. The monoisotopic (exact) mass is 276 g/mol. The number of nitrogens with zero attached hydrogens (tertiary/aromatic N) is 1. The molecule has 1 aromatic carbocycles. The van der Waals surface area contributed by atoms with Crippen molar-refractivity contribution in [1.82, 2.24) is 10.3 Å². The third-order valence-corrected chi connectivity index (χ3v) is 4.30. The van der Waals surface area contributed by atoms with Crippen LogP contribution in [0.25, 0.3) is 0 Å². The summed E-state index contributed by atoms with van der Waals surface area (Å²) in [7, 11) is 3.66. The third kappa shape index (κ3) is 2.31. The normalized spacial score (nSPS) is 21.6. The molecule has 0 saturated carbocycles. The molecule has 19 heavy (non-hydrogen) atoms. The van der Waals surface area contributed by atoms with Gasteiger partial charge in [0.1, 0.15) is 17.6 Å². The zero-order chi connectivity index (χ0) is 13.2. The smallest absolute Gasteiger partial charge is 0.136 e. The van der Waals surface area contributed by atoms with Gasteiger partial charge in [-0.25, -0.2) is 0 Å². The standard InChI is InChI=1S/C14H16N2O2S/c1-15-11-6-13(14-7-16-8-19-14)18-12-4-3-9(17-2)5-10(11)12/h3-5,7-8,11,13,15H,6H2,1-2H3. The van der Waals surface area contributed by atoms with Crippen LogP contribution in [-0.4, -0.2) is 19.1 Å². The maximum Gasteiger partial charge on any atom is 0.136 e. The highest BCUT2D eigenvalue weighted by atomic mass is 32.1. The van der Waals surface area contributed by atoms with Gasteiger partial charge in [0.15, 0.2) is 0 Å². The van der Waals surface area contributed by atoms with Crippen molar-refractivity contribution in [1.29, 1.82) is 0 Å². The lowest BCUT2D eigenvalue weighted by molar-refractivity contribution is 0.156. The molecule has 0 radical (unpaired) electrons. The molecule has 2 atom stereocenters. The predicted octanol–water partition coefficient (Wildman–Crippen LogP) is 2.94. The van der Waals surface area contributed by atoms with Gasteiger partial charge in [0.25, 0.3) is 0 Å². The van der Waals surface area contributed by atoms with Crippen molar-refractivity contribution in [3.8, 4) is 11.5 Å². The van der Waals surface area contributed by atoms with E-state index in [9.17, 15) is 0 Å². The summed E-state index contributed by atoms with van der Waals surface area (Å²) in [5, 5.41) is 3.35. The van der Waals surface area contributed by atoms with E-state index in [2.05, 4.69) is 10.3 Å². The number of rotatable bonds is 3. The Kier molecular flexibility index (Phi) is 3.40. The molecular weight excluding hydrogens is 260 g/mol. The van der Waals surface area contributed by atoms with Crippen molar-refractivity contribution in [2.75, 3.05) is 14.2 Å². The fourth-order valence-corrected chi connectivity index (χ4v) is 3.07. The zero-order valence-corrected chi connectivity index (χ0v) is 11.7. The van der Waals surface area contributed by atoms with Gasteiger partial charge in [0.2, 0.25) is 0 Å². The van der Waals surface area contributed by atoms with Crippen LogP contribution in [0.3, 0.4) is 0 Å². The Morgan fingerprint density at radius 3 is 3.05 bits per heavy atom. The minimum atomic E-state index is 0.0749. The quantitative estimate of drug-likeness (QED) is 0.936. The molecule has 0 bridgehead atoms. The maximum atomic E-state index is 6.08. The number of hydrogen-bond acceptors (Lipinski definition) is 5. The van der Waals surface area contributed by atoms with Crippen LogP contribution in [0.5, 0.6) is 11.5 Å². The lowest BCUT2D eigenvalue weighted by Gasteiger charge is -2.31. The Balaban J connectivity index is 1.95. The zero-order valence-electron chi connectivity index (χ0n) is 10.9. The summed E-state index contributed by atoms with van der Waals surface area (Å²) in [5.74, 6) is 1.78. The van der Waals surface area contributed by atoms with E-state index in [1.165, 1.54) is 4.88 Å². The van der Waals surface area contributed by atoms with Crippen molar-refractivity contribution < 1.29 is 9.47 Å². The first-order valence-electron chi connectivity index (χ1n) is 6.22. The first kappa shape index (κ1) is 12.4. The average molecular weight is 276 g/mol. The Morgan fingerprint density at radius 1 is 1.47 bits per heavy atom. The van der Waals surface area contributed by atoms with Crippen molar-refractivity contribution in [2.45, 2.75) is 18.6 Å². The Morgan fingerprint density at radius 2 is 2.37 bits per heavy atom. The van der Waals surface area contributed by atoms with Crippen molar-refractivity contribution in [3.05, 3.63) is 40.3 Å². The fraction of sp³-hybridized carbons (Fsp3) is 0.357. The van der Waals surface area contributed by atoms with Crippen LogP contribution >= 0.6 is 11.3 Å². The number of nitrogens with one attached hydrogen (secondary N) is 1. The van der Waals surface area contributed by atoms with Crippen LogP contribution in [0.15, 0.2) is 29.9 Å². The van der Waals surface area contributed by atoms with Gasteiger partial charge in [-0.05, 0) is 25.2 Å². The van der Waals surface area contributed by atoms with Crippen LogP contribution in [0.1, 0.15) is 29.0 Å². The van der Waals surface area contributed by atoms with E-state index in [-0.39, 0.29) is 12.1 Å². The van der Waals surface area contributed by atoms with Gasteiger partial charge in [-0.1, -0.05) is 0 Å². The molecule has 1 aromatic heterocycles. The number of hydrogen-bond donors (Lipinski definition) is 1. The molecule has 1 aliphatic rings. The molecule has 0 aliphatic carbocycles. The van der Waals surface area contributed by atoms with E-state index in [0.29, 0.717) is 0 Å². The second-order valence-corrected chi connectivity index (χ2v) is 5.41. The summed E-state index contributed by atoms with van der Waals surface area (Å²) in [4.78, 5) is 5.30. The van der Waals surface area contributed by atoms with Gasteiger partial charge in [0.05, 0.1) is 17.5 Å². The summed E-state index contributed by atoms with van der Waals surface area (Å²) in [6, 6.07) is 6.22. The van der Waals surface area contributed by atoms with Crippen LogP contribution in [-0.2, 0) is 0 Å². The molecule has 2 heterocycles. The van der Waals surface area contributed by atoms with E-state index in [4.69, 9.17) is 9.47 Å². The molecule has 0 saturated heterocycles.